The van der Waals surface area contributed by atoms with Gasteiger partial charge >= 0.3 is 0 Å². The fourth-order valence-corrected chi connectivity index (χ4v) is 1.95. The summed E-state index contributed by atoms with van der Waals surface area (Å²) in [4.78, 5) is 4.11. The molecule has 1 N–H and O–H groups in total. The van der Waals surface area contributed by atoms with Crippen LogP contribution in [0.3, 0.4) is 0 Å². The van der Waals surface area contributed by atoms with E-state index in [0.29, 0.717) is 0 Å². The molecule has 1 unspecified atom stereocenters. The Hall–Kier alpha value is -1.75. The molecule has 0 fully saturated rings. The van der Waals surface area contributed by atoms with Crippen LogP contribution < -0.4 is 5.32 Å². The Kier molecular flexibility index (Phi) is 4.04. The average molecular weight is 248 g/mol. The highest BCUT2D eigenvalue weighted by Gasteiger charge is 2.11. The third kappa shape index (κ3) is 3.13. The molecule has 0 saturated heterocycles. The summed E-state index contributed by atoms with van der Waals surface area (Å²) in [6, 6.07) is 3.29. The van der Waals surface area contributed by atoms with Gasteiger partial charge in [0.2, 0.25) is 0 Å². The van der Waals surface area contributed by atoms with Gasteiger partial charge in [0.05, 0.1) is 18.1 Å². The van der Waals surface area contributed by atoms with Crippen LogP contribution in [0.25, 0.3) is 0 Å². The third-order valence-electron chi connectivity index (χ3n) is 2.94. The number of nitrogens with one attached hydrogen (secondary N) is 1. The number of aryl methyl sites for hydroxylation is 2. The molecule has 0 aliphatic heterocycles. The first kappa shape index (κ1) is 12.7. The number of pyridine rings is 1. The second-order valence-corrected chi connectivity index (χ2v) is 4.30. The highest BCUT2D eigenvalue weighted by Crippen LogP contribution is 2.16. The fourth-order valence-electron chi connectivity index (χ4n) is 1.95. The van der Waals surface area contributed by atoms with Gasteiger partial charge < -0.3 is 5.32 Å². The van der Waals surface area contributed by atoms with Gasteiger partial charge in [-0.25, -0.2) is 4.39 Å². The van der Waals surface area contributed by atoms with Gasteiger partial charge in [0.15, 0.2) is 0 Å². The molecular weight excluding hydrogens is 231 g/mol. The lowest BCUT2D eigenvalue weighted by Gasteiger charge is -2.14. The first-order chi connectivity index (χ1) is 8.69. The molecule has 0 aliphatic rings. The molecule has 0 aromatic carbocycles. The van der Waals surface area contributed by atoms with E-state index in [9.17, 15) is 4.39 Å². The van der Waals surface area contributed by atoms with E-state index in [4.69, 9.17) is 0 Å². The van der Waals surface area contributed by atoms with E-state index in [-0.39, 0.29) is 11.9 Å². The van der Waals surface area contributed by atoms with Crippen LogP contribution in [-0.2, 0) is 13.5 Å². The van der Waals surface area contributed by atoms with Gasteiger partial charge in [-0.05, 0) is 37.6 Å². The van der Waals surface area contributed by atoms with Crippen molar-refractivity contribution in [3.8, 4) is 0 Å². The van der Waals surface area contributed by atoms with Crippen LogP contribution in [0.1, 0.15) is 23.7 Å². The predicted octanol–water partition coefficient (Wildman–Crippen LogP) is 1.85. The molecule has 0 spiro atoms. The fraction of sp³-hybridized carbons (Fsp3) is 0.385. The number of aromatic nitrogens is 3. The van der Waals surface area contributed by atoms with Gasteiger partial charge in [-0.15, -0.1) is 0 Å². The number of rotatable bonds is 5. The van der Waals surface area contributed by atoms with Crippen LogP contribution in [-0.4, -0.2) is 21.8 Å². The Labute approximate surface area is 106 Å². The molecule has 2 aromatic heterocycles. The maximum Gasteiger partial charge on any atom is 0.141 e. The highest BCUT2D eigenvalue weighted by atomic mass is 19.1. The Balaban J connectivity index is 1.99. The van der Waals surface area contributed by atoms with Crippen LogP contribution in [0, 0.1) is 5.82 Å². The summed E-state index contributed by atoms with van der Waals surface area (Å²) < 4.78 is 14.6. The molecule has 0 radical (unpaired) electrons. The Morgan fingerprint density at radius 3 is 2.78 bits per heavy atom. The van der Waals surface area contributed by atoms with E-state index in [1.807, 2.05) is 26.5 Å². The molecule has 2 aromatic rings. The Bertz CT molecular complexity index is 492. The van der Waals surface area contributed by atoms with Crippen molar-refractivity contribution in [1.82, 2.24) is 20.1 Å². The second kappa shape index (κ2) is 5.73. The first-order valence-electron chi connectivity index (χ1n) is 5.95. The zero-order valence-electron chi connectivity index (χ0n) is 10.6. The Morgan fingerprint density at radius 2 is 2.22 bits per heavy atom. The van der Waals surface area contributed by atoms with Gasteiger partial charge in [0.1, 0.15) is 5.82 Å². The first-order valence-corrected chi connectivity index (χ1v) is 5.95. The van der Waals surface area contributed by atoms with Gasteiger partial charge in [-0.2, -0.15) is 5.10 Å². The standard InChI is InChI=1S/C13H17FN4/c1-15-12(13-6-4-11(14)8-16-13)5-3-10-7-17-18(2)9-10/h4,6-9,12,15H,3,5H2,1-2H3. The molecule has 1 atom stereocenters. The van der Waals surface area contributed by atoms with Crippen molar-refractivity contribution in [2.75, 3.05) is 7.05 Å². The van der Waals surface area contributed by atoms with Crippen molar-refractivity contribution in [2.24, 2.45) is 7.05 Å². The molecule has 5 heteroatoms. The molecule has 4 nitrogen and oxygen atoms in total. The summed E-state index contributed by atoms with van der Waals surface area (Å²) >= 11 is 0. The molecule has 96 valence electrons. The van der Waals surface area contributed by atoms with E-state index in [1.54, 1.807) is 10.7 Å². The smallest absolute Gasteiger partial charge is 0.141 e. The molecule has 0 saturated carbocycles. The van der Waals surface area contributed by atoms with E-state index >= 15 is 0 Å². The van der Waals surface area contributed by atoms with Gasteiger partial charge in [-0.3, -0.25) is 9.67 Å². The number of nitrogens with zero attached hydrogens (tertiary/aromatic N) is 3. The lowest BCUT2D eigenvalue weighted by Crippen LogP contribution is -2.18. The van der Waals surface area contributed by atoms with Gasteiger partial charge in [0.25, 0.3) is 0 Å². The second-order valence-electron chi connectivity index (χ2n) is 4.30. The maximum atomic E-state index is 12.8. The lowest BCUT2D eigenvalue weighted by molar-refractivity contribution is 0.530. The molecular formula is C13H17FN4. The molecule has 2 rings (SSSR count). The van der Waals surface area contributed by atoms with E-state index in [1.165, 1.54) is 17.8 Å². The minimum atomic E-state index is -0.305. The quantitative estimate of drug-likeness (QED) is 0.878. The van der Waals surface area contributed by atoms with Crippen LogP contribution >= 0.6 is 0 Å². The third-order valence-corrected chi connectivity index (χ3v) is 2.94. The molecule has 0 amide bonds. The van der Waals surface area contributed by atoms with Crippen LogP contribution in [0.2, 0.25) is 0 Å². The largest absolute Gasteiger partial charge is 0.312 e. The van der Waals surface area contributed by atoms with Gasteiger partial charge in [0, 0.05) is 19.3 Å². The summed E-state index contributed by atoms with van der Waals surface area (Å²) in [6.45, 7) is 0. The van der Waals surface area contributed by atoms with Crippen LogP contribution in [0.15, 0.2) is 30.7 Å². The zero-order chi connectivity index (χ0) is 13.0. The van der Waals surface area contributed by atoms with Crippen LogP contribution in [0.5, 0.6) is 0 Å². The Morgan fingerprint density at radius 1 is 1.39 bits per heavy atom. The zero-order valence-corrected chi connectivity index (χ0v) is 10.6. The van der Waals surface area contributed by atoms with Crippen molar-refractivity contribution >= 4 is 0 Å². The summed E-state index contributed by atoms with van der Waals surface area (Å²) in [6.07, 6.45) is 6.94. The lowest BCUT2D eigenvalue weighted by atomic mass is 10.0. The van der Waals surface area contributed by atoms with Crippen LogP contribution in [0.4, 0.5) is 4.39 Å². The van der Waals surface area contributed by atoms with E-state index in [0.717, 1.165) is 18.5 Å². The molecule has 0 bridgehead atoms. The van der Waals surface area contributed by atoms with Crippen molar-refractivity contribution in [2.45, 2.75) is 18.9 Å². The summed E-state index contributed by atoms with van der Waals surface area (Å²) in [5.41, 5.74) is 2.06. The maximum absolute atomic E-state index is 12.8. The minimum Gasteiger partial charge on any atom is -0.312 e. The van der Waals surface area contributed by atoms with Crippen molar-refractivity contribution in [3.05, 3.63) is 47.8 Å². The van der Waals surface area contributed by atoms with Crippen molar-refractivity contribution in [1.29, 1.82) is 0 Å². The van der Waals surface area contributed by atoms with Crippen molar-refractivity contribution < 1.29 is 4.39 Å². The average Bonchev–Trinajstić information content (AvgIpc) is 2.78. The number of hydrogen-bond donors (Lipinski definition) is 1. The topological polar surface area (TPSA) is 42.7 Å². The summed E-state index contributed by atoms with van der Waals surface area (Å²) in [5, 5.41) is 7.34. The van der Waals surface area contributed by atoms with E-state index in [2.05, 4.69) is 15.4 Å². The monoisotopic (exact) mass is 248 g/mol. The summed E-state index contributed by atoms with van der Waals surface area (Å²) in [5.74, 6) is -0.305. The highest BCUT2D eigenvalue weighted by molar-refractivity contribution is 5.11. The van der Waals surface area contributed by atoms with E-state index < -0.39 is 0 Å². The number of hydrogen-bond acceptors (Lipinski definition) is 3. The predicted molar refractivity (Wildman–Crippen MR) is 67.5 cm³/mol. The normalized spacial score (nSPS) is 12.6. The molecule has 0 aliphatic carbocycles. The molecule has 2 heterocycles. The summed E-state index contributed by atoms with van der Waals surface area (Å²) in [7, 11) is 3.79. The van der Waals surface area contributed by atoms with Gasteiger partial charge in [-0.1, -0.05) is 0 Å². The van der Waals surface area contributed by atoms with Crippen molar-refractivity contribution in [3.63, 3.8) is 0 Å². The minimum absolute atomic E-state index is 0.130. The number of halogens is 1. The SMILES string of the molecule is CNC(CCc1cnn(C)c1)c1ccc(F)cn1. The molecule has 18 heavy (non-hydrogen) atoms.